The second-order valence-electron chi connectivity index (χ2n) is 6.64. The van der Waals surface area contributed by atoms with Gasteiger partial charge in [0, 0.05) is 0 Å². The van der Waals surface area contributed by atoms with Crippen LogP contribution >= 0.6 is 0 Å². The topological polar surface area (TPSA) is 61.2 Å². The number of hydrogen-bond donors (Lipinski definition) is 0. The zero-order chi connectivity index (χ0) is 18.7. The van der Waals surface area contributed by atoms with E-state index in [2.05, 4.69) is 19.9 Å². The van der Waals surface area contributed by atoms with Crippen molar-refractivity contribution in [2.75, 3.05) is 0 Å². The Morgan fingerprint density at radius 1 is 0.923 bits per heavy atom. The molecule has 1 aliphatic heterocycles. The van der Waals surface area contributed by atoms with Crippen molar-refractivity contribution in [3.05, 3.63) is 69.8 Å². The second kappa shape index (κ2) is 7.53. The number of amides is 2. The summed E-state index contributed by atoms with van der Waals surface area (Å²) in [5.74, 6) is -0.493. The van der Waals surface area contributed by atoms with E-state index in [1.165, 1.54) is 4.90 Å². The van der Waals surface area contributed by atoms with Crippen LogP contribution in [0.2, 0.25) is 0 Å². The first-order valence-electron chi connectivity index (χ1n) is 9.10. The van der Waals surface area contributed by atoms with Crippen molar-refractivity contribution in [2.24, 2.45) is 0 Å². The molecule has 2 amide bonds. The Labute approximate surface area is 154 Å². The lowest BCUT2D eigenvalue weighted by Gasteiger charge is -2.17. The van der Waals surface area contributed by atoms with Crippen LogP contribution in [0, 0.1) is 11.3 Å². The van der Waals surface area contributed by atoms with Crippen LogP contribution in [-0.4, -0.2) is 16.7 Å². The summed E-state index contributed by atoms with van der Waals surface area (Å²) in [6.45, 7) is 4.40. The zero-order valence-corrected chi connectivity index (χ0v) is 15.2. The van der Waals surface area contributed by atoms with E-state index in [1.54, 1.807) is 24.3 Å². The maximum Gasteiger partial charge on any atom is 0.261 e. The van der Waals surface area contributed by atoms with Crippen molar-refractivity contribution < 1.29 is 9.59 Å². The molecule has 2 aromatic carbocycles. The van der Waals surface area contributed by atoms with Crippen molar-refractivity contribution in [1.29, 1.82) is 5.26 Å². The molecule has 0 unspecified atom stereocenters. The molecule has 0 atom stereocenters. The minimum absolute atomic E-state index is 0.242. The van der Waals surface area contributed by atoms with E-state index in [-0.39, 0.29) is 18.4 Å². The first kappa shape index (κ1) is 17.9. The summed E-state index contributed by atoms with van der Waals surface area (Å²) in [5.41, 5.74) is 4.60. The van der Waals surface area contributed by atoms with Crippen LogP contribution < -0.4 is 0 Å². The summed E-state index contributed by atoms with van der Waals surface area (Å²) < 4.78 is 0. The highest BCUT2D eigenvalue weighted by molar-refractivity contribution is 6.21. The first-order valence-corrected chi connectivity index (χ1v) is 9.10. The van der Waals surface area contributed by atoms with Gasteiger partial charge in [-0.15, -0.1) is 0 Å². The fourth-order valence-electron chi connectivity index (χ4n) is 3.57. The number of imide groups is 1. The molecule has 0 fully saturated rings. The van der Waals surface area contributed by atoms with Gasteiger partial charge in [0.25, 0.3) is 11.8 Å². The van der Waals surface area contributed by atoms with Crippen molar-refractivity contribution in [3.8, 4) is 6.07 Å². The number of aryl methyl sites for hydroxylation is 2. The van der Waals surface area contributed by atoms with Gasteiger partial charge in [0.2, 0.25) is 0 Å². The average Bonchev–Trinajstić information content (AvgIpc) is 2.88. The Morgan fingerprint density at radius 2 is 1.42 bits per heavy atom. The molecule has 0 saturated carbocycles. The van der Waals surface area contributed by atoms with Crippen LogP contribution in [-0.2, 0) is 19.4 Å². The Morgan fingerprint density at radius 3 is 1.85 bits per heavy atom. The lowest BCUT2D eigenvalue weighted by atomic mass is 9.93. The van der Waals surface area contributed by atoms with E-state index >= 15 is 0 Å². The van der Waals surface area contributed by atoms with Crippen LogP contribution in [0.3, 0.4) is 0 Å². The first-order chi connectivity index (χ1) is 12.6. The minimum atomic E-state index is -0.246. The molecule has 0 spiro atoms. The standard InChI is InChI=1S/C22H22N2O2/c1-3-7-16-11-15(12-17(8-4-2)20(16)13-23)14-24-21(25)18-9-5-6-10-19(18)22(24)26/h5-6,9-12H,3-4,7-8,14H2,1-2H3. The number of nitriles is 1. The van der Waals surface area contributed by atoms with Gasteiger partial charge in [-0.3, -0.25) is 14.5 Å². The number of carbonyl (C=O) groups excluding carboxylic acids is 2. The molecule has 4 heteroatoms. The van der Waals surface area contributed by atoms with Gasteiger partial charge in [-0.25, -0.2) is 0 Å². The van der Waals surface area contributed by atoms with Crippen molar-refractivity contribution in [1.82, 2.24) is 4.90 Å². The number of fused-ring (bicyclic) bond motifs is 1. The molecule has 0 N–H and O–H groups in total. The lowest BCUT2D eigenvalue weighted by molar-refractivity contribution is 0.0642. The van der Waals surface area contributed by atoms with E-state index in [0.717, 1.165) is 47.9 Å². The Bertz CT molecular complexity index is 847. The number of rotatable bonds is 6. The van der Waals surface area contributed by atoms with Crippen molar-refractivity contribution >= 4 is 11.8 Å². The summed E-state index contributed by atoms with van der Waals surface area (Å²) in [6, 6.07) is 13.2. The molecule has 4 nitrogen and oxygen atoms in total. The molecule has 3 rings (SSSR count). The largest absolute Gasteiger partial charge is 0.270 e. The molecule has 0 aromatic heterocycles. The van der Waals surface area contributed by atoms with Gasteiger partial charge in [-0.2, -0.15) is 5.26 Å². The van der Waals surface area contributed by atoms with Gasteiger partial charge in [0.1, 0.15) is 0 Å². The molecule has 132 valence electrons. The third-order valence-corrected chi connectivity index (χ3v) is 4.73. The highest BCUT2D eigenvalue weighted by Crippen LogP contribution is 2.26. The smallest absolute Gasteiger partial charge is 0.261 e. The molecule has 0 bridgehead atoms. The SMILES string of the molecule is CCCc1cc(CN2C(=O)c3ccccc3C2=O)cc(CCC)c1C#N. The third-order valence-electron chi connectivity index (χ3n) is 4.73. The van der Waals surface area contributed by atoms with E-state index in [9.17, 15) is 14.9 Å². The molecule has 1 heterocycles. The molecule has 26 heavy (non-hydrogen) atoms. The fourth-order valence-corrected chi connectivity index (χ4v) is 3.57. The number of nitrogens with zero attached hydrogens (tertiary/aromatic N) is 2. The summed E-state index contributed by atoms with van der Waals surface area (Å²) in [7, 11) is 0. The predicted octanol–water partition coefficient (Wildman–Crippen LogP) is 4.26. The molecule has 0 saturated heterocycles. The number of benzene rings is 2. The van der Waals surface area contributed by atoms with Crippen LogP contribution in [0.1, 0.15) is 69.7 Å². The van der Waals surface area contributed by atoms with E-state index in [1.807, 2.05) is 12.1 Å². The summed E-state index contributed by atoms with van der Waals surface area (Å²) >= 11 is 0. The van der Waals surface area contributed by atoms with Crippen LogP contribution in [0.15, 0.2) is 36.4 Å². The quantitative estimate of drug-likeness (QED) is 0.734. The van der Waals surface area contributed by atoms with Crippen LogP contribution in [0.5, 0.6) is 0 Å². The Hall–Kier alpha value is -2.93. The average molecular weight is 346 g/mol. The molecule has 2 aromatic rings. The Balaban J connectivity index is 1.97. The van der Waals surface area contributed by atoms with Gasteiger partial charge >= 0.3 is 0 Å². The van der Waals surface area contributed by atoms with Gasteiger partial charge in [-0.1, -0.05) is 51.0 Å². The maximum atomic E-state index is 12.6. The highest BCUT2D eigenvalue weighted by atomic mass is 16.2. The predicted molar refractivity (Wildman–Crippen MR) is 99.8 cm³/mol. The zero-order valence-electron chi connectivity index (χ0n) is 15.2. The van der Waals surface area contributed by atoms with E-state index in [4.69, 9.17) is 0 Å². The van der Waals surface area contributed by atoms with Crippen LogP contribution in [0.4, 0.5) is 0 Å². The van der Waals surface area contributed by atoms with Crippen LogP contribution in [0.25, 0.3) is 0 Å². The highest BCUT2D eigenvalue weighted by Gasteiger charge is 2.35. The monoisotopic (exact) mass is 346 g/mol. The van der Waals surface area contributed by atoms with Gasteiger partial charge < -0.3 is 0 Å². The molecular formula is C22H22N2O2. The van der Waals surface area contributed by atoms with Gasteiger partial charge in [0.05, 0.1) is 29.3 Å². The van der Waals surface area contributed by atoms with Crippen molar-refractivity contribution in [3.63, 3.8) is 0 Å². The summed E-state index contributed by atoms with van der Waals surface area (Å²) in [5, 5.41) is 9.56. The lowest BCUT2D eigenvalue weighted by Crippen LogP contribution is -2.29. The summed E-state index contributed by atoms with van der Waals surface area (Å²) in [4.78, 5) is 26.5. The maximum absolute atomic E-state index is 12.6. The second-order valence-corrected chi connectivity index (χ2v) is 6.64. The van der Waals surface area contributed by atoms with Crippen molar-refractivity contribution in [2.45, 2.75) is 46.1 Å². The van der Waals surface area contributed by atoms with E-state index < -0.39 is 0 Å². The van der Waals surface area contributed by atoms with Gasteiger partial charge in [-0.05, 0) is 41.7 Å². The number of carbonyl (C=O) groups is 2. The Kier molecular flexibility index (Phi) is 5.18. The minimum Gasteiger partial charge on any atom is -0.270 e. The normalized spacial score (nSPS) is 13.0. The molecule has 0 aliphatic carbocycles. The number of hydrogen-bond acceptors (Lipinski definition) is 3. The fraction of sp³-hybridized carbons (Fsp3) is 0.318. The summed E-state index contributed by atoms with van der Waals surface area (Å²) in [6.07, 6.45) is 3.51. The third kappa shape index (κ3) is 3.13. The molecule has 0 radical (unpaired) electrons. The molecule has 1 aliphatic rings. The van der Waals surface area contributed by atoms with E-state index in [0.29, 0.717) is 11.1 Å². The molecular weight excluding hydrogens is 324 g/mol. The van der Waals surface area contributed by atoms with Gasteiger partial charge in [0.15, 0.2) is 0 Å².